The molecule has 1 saturated heterocycles. The lowest BCUT2D eigenvalue weighted by Crippen LogP contribution is -2.51. The van der Waals surface area contributed by atoms with Gasteiger partial charge in [-0.3, -0.25) is 4.79 Å². The SMILES string of the molecule is COc1cc([C@@H](C(=O)N2CCCC[C@H]2C(=O)OCCO)C2CCCCC2)cc(C)c1OC. The fourth-order valence-electron chi connectivity index (χ4n) is 5.31. The summed E-state index contributed by atoms with van der Waals surface area (Å²) in [6.07, 6.45) is 7.77. The number of esters is 1. The van der Waals surface area contributed by atoms with Gasteiger partial charge in [0.2, 0.25) is 5.91 Å². The van der Waals surface area contributed by atoms with Gasteiger partial charge >= 0.3 is 5.97 Å². The number of carbonyl (C=O) groups excluding carboxylic acids is 2. The van der Waals surface area contributed by atoms with Crippen molar-refractivity contribution in [3.8, 4) is 11.5 Å². The highest BCUT2D eigenvalue weighted by molar-refractivity contribution is 5.89. The van der Waals surface area contributed by atoms with Gasteiger partial charge in [-0.15, -0.1) is 0 Å². The number of aliphatic hydroxyl groups excluding tert-OH is 1. The van der Waals surface area contributed by atoms with Gasteiger partial charge in [0.25, 0.3) is 0 Å². The summed E-state index contributed by atoms with van der Waals surface area (Å²) >= 11 is 0. The van der Waals surface area contributed by atoms with E-state index in [0.29, 0.717) is 24.5 Å². The first-order valence-electron chi connectivity index (χ1n) is 11.8. The lowest BCUT2D eigenvalue weighted by atomic mass is 9.75. The first-order chi connectivity index (χ1) is 15.5. The van der Waals surface area contributed by atoms with E-state index in [9.17, 15) is 9.59 Å². The molecule has 0 bridgehead atoms. The van der Waals surface area contributed by atoms with Crippen LogP contribution in [0.3, 0.4) is 0 Å². The average molecular weight is 448 g/mol. The molecule has 178 valence electrons. The maximum Gasteiger partial charge on any atom is 0.328 e. The largest absolute Gasteiger partial charge is 0.493 e. The van der Waals surface area contributed by atoms with Gasteiger partial charge in [0.05, 0.1) is 26.7 Å². The number of methoxy groups -OCH3 is 2. The topological polar surface area (TPSA) is 85.3 Å². The zero-order valence-corrected chi connectivity index (χ0v) is 19.6. The molecule has 32 heavy (non-hydrogen) atoms. The highest BCUT2D eigenvalue weighted by atomic mass is 16.5. The van der Waals surface area contributed by atoms with E-state index in [0.717, 1.165) is 49.7 Å². The summed E-state index contributed by atoms with van der Waals surface area (Å²) in [6.45, 7) is 2.25. The normalized spacial score (nSPS) is 20.5. The molecule has 1 amide bonds. The molecule has 0 spiro atoms. The summed E-state index contributed by atoms with van der Waals surface area (Å²) in [6, 6.07) is 3.36. The van der Waals surface area contributed by atoms with Gasteiger partial charge in [-0.25, -0.2) is 4.79 Å². The molecule has 0 unspecified atom stereocenters. The van der Waals surface area contributed by atoms with E-state index in [1.807, 2.05) is 19.1 Å². The number of hydrogen-bond donors (Lipinski definition) is 1. The summed E-state index contributed by atoms with van der Waals surface area (Å²) < 4.78 is 16.3. The van der Waals surface area contributed by atoms with E-state index >= 15 is 0 Å². The molecular weight excluding hydrogens is 410 g/mol. The van der Waals surface area contributed by atoms with Gasteiger partial charge in [0, 0.05) is 6.54 Å². The Morgan fingerprint density at radius 1 is 1.06 bits per heavy atom. The smallest absolute Gasteiger partial charge is 0.328 e. The minimum Gasteiger partial charge on any atom is -0.493 e. The monoisotopic (exact) mass is 447 g/mol. The first kappa shape index (κ1) is 24.4. The quantitative estimate of drug-likeness (QED) is 0.613. The van der Waals surface area contributed by atoms with E-state index in [-0.39, 0.29) is 31.0 Å². The lowest BCUT2D eigenvalue weighted by molar-refractivity contribution is -0.158. The molecule has 1 aliphatic carbocycles. The molecule has 7 nitrogen and oxygen atoms in total. The van der Waals surface area contributed by atoms with Crippen LogP contribution in [-0.4, -0.2) is 61.9 Å². The fourth-order valence-corrected chi connectivity index (χ4v) is 5.31. The van der Waals surface area contributed by atoms with E-state index in [4.69, 9.17) is 19.3 Å². The molecule has 1 aliphatic heterocycles. The number of benzene rings is 1. The van der Waals surface area contributed by atoms with Crippen LogP contribution in [0.25, 0.3) is 0 Å². The number of nitrogens with zero attached hydrogens (tertiary/aromatic N) is 1. The summed E-state index contributed by atoms with van der Waals surface area (Å²) in [5.74, 6) is 0.764. The van der Waals surface area contributed by atoms with Crippen molar-refractivity contribution in [2.75, 3.05) is 34.0 Å². The van der Waals surface area contributed by atoms with Gasteiger partial charge in [0.1, 0.15) is 12.6 Å². The number of ether oxygens (including phenoxy) is 3. The Labute approximate surface area is 191 Å². The van der Waals surface area contributed by atoms with Crippen molar-refractivity contribution in [3.63, 3.8) is 0 Å². The van der Waals surface area contributed by atoms with Crippen LogP contribution in [0.4, 0.5) is 0 Å². The molecule has 2 atom stereocenters. The van der Waals surface area contributed by atoms with Crippen LogP contribution in [-0.2, 0) is 14.3 Å². The Bertz CT molecular complexity index is 789. The third kappa shape index (κ3) is 5.37. The van der Waals surface area contributed by atoms with Crippen LogP contribution in [0.15, 0.2) is 12.1 Å². The van der Waals surface area contributed by atoms with E-state index in [1.165, 1.54) is 6.42 Å². The van der Waals surface area contributed by atoms with Crippen molar-refractivity contribution in [1.82, 2.24) is 4.90 Å². The molecule has 2 fully saturated rings. The van der Waals surface area contributed by atoms with Gasteiger partial charge in [0.15, 0.2) is 11.5 Å². The van der Waals surface area contributed by atoms with Crippen molar-refractivity contribution < 1.29 is 28.9 Å². The predicted octanol–water partition coefficient (Wildman–Crippen LogP) is 3.59. The number of aryl methyl sites for hydroxylation is 1. The molecule has 3 rings (SSSR count). The molecule has 1 N–H and O–H groups in total. The first-order valence-corrected chi connectivity index (χ1v) is 11.8. The standard InChI is InChI=1S/C25H37NO6/c1-17-15-19(16-21(30-2)23(17)31-3)22(18-9-5-4-6-10-18)24(28)26-12-8-7-11-20(26)25(29)32-14-13-27/h15-16,18,20,22,27H,4-14H2,1-3H3/t20-,22-/m0/s1. The molecule has 0 radical (unpaired) electrons. The molecule has 1 heterocycles. The zero-order chi connectivity index (χ0) is 23.1. The third-order valence-corrected chi connectivity index (χ3v) is 6.83. The summed E-state index contributed by atoms with van der Waals surface area (Å²) in [4.78, 5) is 28.5. The third-order valence-electron chi connectivity index (χ3n) is 6.83. The van der Waals surface area contributed by atoms with Crippen LogP contribution in [0, 0.1) is 12.8 Å². The van der Waals surface area contributed by atoms with E-state index in [1.54, 1.807) is 19.1 Å². The van der Waals surface area contributed by atoms with Crippen LogP contribution in [0.2, 0.25) is 0 Å². The summed E-state index contributed by atoms with van der Waals surface area (Å²) in [5.41, 5.74) is 1.85. The second kappa shape index (κ2) is 11.5. The molecule has 1 aromatic rings. The van der Waals surface area contributed by atoms with Gasteiger partial charge in [-0.2, -0.15) is 0 Å². The van der Waals surface area contributed by atoms with Crippen molar-refractivity contribution in [1.29, 1.82) is 0 Å². The Morgan fingerprint density at radius 2 is 1.78 bits per heavy atom. The van der Waals surface area contributed by atoms with Crippen LogP contribution >= 0.6 is 0 Å². The molecule has 7 heteroatoms. The number of piperidine rings is 1. The Morgan fingerprint density at radius 3 is 2.44 bits per heavy atom. The zero-order valence-electron chi connectivity index (χ0n) is 19.6. The van der Waals surface area contributed by atoms with Crippen LogP contribution in [0.1, 0.15) is 68.4 Å². The second-order valence-corrected chi connectivity index (χ2v) is 8.88. The lowest BCUT2D eigenvalue weighted by Gasteiger charge is -2.39. The molecule has 1 saturated carbocycles. The Balaban J connectivity index is 1.97. The van der Waals surface area contributed by atoms with Crippen molar-refractivity contribution in [2.45, 2.75) is 70.3 Å². The number of amides is 1. The predicted molar refractivity (Wildman–Crippen MR) is 121 cm³/mol. The van der Waals surface area contributed by atoms with Crippen LogP contribution < -0.4 is 9.47 Å². The number of aliphatic hydroxyl groups is 1. The minimum atomic E-state index is -0.588. The highest BCUT2D eigenvalue weighted by Crippen LogP contribution is 2.42. The van der Waals surface area contributed by atoms with Gasteiger partial charge in [-0.05, 0) is 62.1 Å². The Kier molecular flexibility index (Phi) is 8.79. The van der Waals surface area contributed by atoms with Crippen LogP contribution in [0.5, 0.6) is 11.5 Å². The summed E-state index contributed by atoms with van der Waals surface area (Å²) in [5, 5.41) is 9.03. The van der Waals surface area contributed by atoms with E-state index in [2.05, 4.69) is 0 Å². The van der Waals surface area contributed by atoms with Gasteiger partial charge in [-0.1, -0.05) is 25.3 Å². The number of hydrogen-bond acceptors (Lipinski definition) is 6. The minimum absolute atomic E-state index is 0.00540. The number of likely N-dealkylation sites (tertiary alicyclic amines) is 1. The van der Waals surface area contributed by atoms with Gasteiger partial charge < -0.3 is 24.2 Å². The maximum absolute atomic E-state index is 14.0. The van der Waals surface area contributed by atoms with Crippen molar-refractivity contribution >= 4 is 11.9 Å². The number of carbonyl (C=O) groups is 2. The molecular formula is C25H37NO6. The maximum atomic E-state index is 14.0. The van der Waals surface area contributed by atoms with Crippen molar-refractivity contribution in [3.05, 3.63) is 23.3 Å². The highest BCUT2D eigenvalue weighted by Gasteiger charge is 2.40. The Hall–Kier alpha value is -2.28. The van der Waals surface area contributed by atoms with Crippen molar-refractivity contribution in [2.24, 2.45) is 5.92 Å². The number of rotatable bonds is 8. The average Bonchev–Trinajstić information content (AvgIpc) is 2.82. The molecule has 2 aliphatic rings. The molecule has 1 aromatic carbocycles. The molecule has 0 aromatic heterocycles. The summed E-state index contributed by atoms with van der Waals surface area (Å²) in [7, 11) is 3.22. The van der Waals surface area contributed by atoms with E-state index < -0.39 is 12.0 Å². The second-order valence-electron chi connectivity index (χ2n) is 8.88. The fraction of sp³-hybridized carbons (Fsp3) is 0.680.